The average molecular weight is 296 g/mol. The topological polar surface area (TPSA) is 68.0 Å². The first kappa shape index (κ1) is 11.8. The molecule has 0 radical (unpaired) electrons. The lowest BCUT2D eigenvalue weighted by molar-refractivity contribution is -0.137. The van der Waals surface area contributed by atoms with Crippen molar-refractivity contribution in [1.29, 1.82) is 0 Å². The van der Waals surface area contributed by atoms with E-state index in [-0.39, 0.29) is 6.42 Å². The number of carboxylic acid groups (broad SMARTS) is 1. The van der Waals surface area contributed by atoms with Crippen molar-refractivity contribution < 1.29 is 9.90 Å². The molecule has 1 aromatic carbocycles. The number of aromatic nitrogens is 3. The SMILES string of the molecule is O=C(O)CCn1nncc1-c1cccc(Br)c1. The number of benzene rings is 1. The largest absolute Gasteiger partial charge is 0.481 e. The summed E-state index contributed by atoms with van der Waals surface area (Å²) in [5, 5.41) is 16.3. The van der Waals surface area contributed by atoms with Gasteiger partial charge in [0.2, 0.25) is 0 Å². The van der Waals surface area contributed by atoms with Crippen LogP contribution in [0.5, 0.6) is 0 Å². The van der Waals surface area contributed by atoms with Gasteiger partial charge in [0, 0.05) is 10.0 Å². The molecule has 0 atom stereocenters. The van der Waals surface area contributed by atoms with E-state index in [1.807, 2.05) is 24.3 Å². The van der Waals surface area contributed by atoms with Crippen LogP contribution in [0.4, 0.5) is 0 Å². The van der Waals surface area contributed by atoms with Gasteiger partial charge in [-0.15, -0.1) is 5.10 Å². The summed E-state index contributed by atoms with van der Waals surface area (Å²) in [6.45, 7) is 0.317. The number of hydrogen-bond donors (Lipinski definition) is 1. The number of halogens is 1. The molecule has 0 saturated carbocycles. The van der Waals surface area contributed by atoms with Gasteiger partial charge in [-0.05, 0) is 12.1 Å². The van der Waals surface area contributed by atoms with E-state index in [9.17, 15) is 4.79 Å². The summed E-state index contributed by atoms with van der Waals surface area (Å²) in [6.07, 6.45) is 1.66. The Morgan fingerprint density at radius 3 is 3.00 bits per heavy atom. The van der Waals surface area contributed by atoms with Crippen molar-refractivity contribution in [1.82, 2.24) is 15.0 Å². The molecule has 0 bridgehead atoms. The van der Waals surface area contributed by atoms with Gasteiger partial charge in [-0.25, -0.2) is 4.68 Å². The third-order valence-corrected chi connectivity index (χ3v) is 2.77. The molecule has 0 fully saturated rings. The van der Waals surface area contributed by atoms with Crippen molar-refractivity contribution in [3.8, 4) is 11.3 Å². The Hall–Kier alpha value is -1.69. The molecule has 6 heteroatoms. The monoisotopic (exact) mass is 295 g/mol. The van der Waals surface area contributed by atoms with Crippen LogP contribution in [-0.2, 0) is 11.3 Å². The fourth-order valence-electron chi connectivity index (χ4n) is 1.50. The maximum absolute atomic E-state index is 10.5. The highest BCUT2D eigenvalue weighted by Gasteiger charge is 2.08. The second-order valence-corrected chi connectivity index (χ2v) is 4.41. The Balaban J connectivity index is 2.27. The van der Waals surface area contributed by atoms with Crippen LogP contribution in [0, 0.1) is 0 Å². The molecule has 0 aliphatic rings. The molecule has 88 valence electrons. The van der Waals surface area contributed by atoms with Gasteiger partial charge >= 0.3 is 5.97 Å². The van der Waals surface area contributed by atoms with Crippen LogP contribution >= 0.6 is 15.9 Å². The van der Waals surface area contributed by atoms with Crippen LogP contribution in [0.1, 0.15) is 6.42 Å². The standard InChI is InChI=1S/C11H10BrN3O2/c12-9-3-1-2-8(6-9)10-7-13-14-15(10)5-4-11(16)17/h1-3,6-7H,4-5H2,(H,16,17). The molecule has 0 aliphatic heterocycles. The summed E-state index contributed by atoms with van der Waals surface area (Å²) in [5.74, 6) is -0.847. The number of hydrogen-bond acceptors (Lipinski definition) is 3. The minimum absolute atomic E-state index is 0.0321. The maximum atomic E-state index is 10.5. The minimum atomic E-state index is -0.847. The van der Waals surface area contributed by atoms with E-state index in [0.29, 0.717) is 6.54 Å². The van der Waals surface area contributed by atoms with Crippen LogP contribution in [0.2, 0.25) is 0 Å². The van der Waals surface area contributed by atoms with Gasteiger partial charge in [0.15, 0.2) is 0 Å². The molecule has 0 saturated heterocycles. The van der Waals surface area contributed by atoms with Crippen molar-refractivity contribution in [2.45, 2.75) is 13.0 Å². The summed E-state index contributed by atoms with van der Waals surface area (Å²) < 4.78 is 2.55. The molecule has 1 N–H and O–H groups in total. The molecular weight excluding hydrogens is 286 g/mol. The number of carboxylic acids is 1. The zero-order valence-corrected chi connectivity index (χ0v) is 10.5. The van der Waals surface area contributed by atoms with E-state index in [0.717, 1.165) is 15.7 Å². The lowest BCUT2D eigenvalue weighted by atomic mass is 10.2. The minimum Gasteiger partial charge on any atom is -0.481 e. The summed E-state index contributed by atoms with van der Waals surface area (Å²) >= 11 is 3.39. The second-order valence-electron chi connectivity index (χ2n) is 3.50. The predicted molar refractivity (Wildman–Crippen MR) is 65.4 cm³/mol. The molecule has 2 aromatic rings. The molecule has 2 rings (SSSR count). The first-order valence-electron chi connectivity index (χ1n) is 5.03. The molecular formula is C11H10BrN3O2. The molecule has 0 aliphatic carbocycles. The van der Waals surface area contributed by atoms with E-state index in [1.54, 1.807) is 10.9 Å². The van der Waals surface area contributed by atoms with Gasteiger partial charge < -0.3 is 5.11 Å². The van der Waals surface area contributed by atoms with Crippen LogP contribution in [-0.4, -0.2) is 26.1 Å². The van der Waals surface area contributed by atoms with Crippen LogP contribution in [0.3, 0.4) is 0 Å². The molecule has 1 aromatic heterocycles. The van der Waals surface area contributed by atoms with Crippen molar-refractivity contribution in [2.75, 3.05) is 0 Å². The Morgan fingerprint density at radius 2 is 2.29 bits per heavy atom. The van der Waals surface area contributed by atoms with E-state index in [1.165, 1.54) is 0 Å². The van der Waals surface area contributed by atoms with Gasteiger partial charge in [0.1, 0.15) is 0 Å². The zero-order chi connectivity index (χ0) is 12.3. The van der Waals surface area contributed by atoms with E-state index in [4.69, 9.17) is 5.11 Å². The summed E-state index contributed by atoms with van der Waals surface area (Å²) in [7, 11) is 0. The summed E-state index contributed by atoms with van der Waals surface area (Å²) in [4.78, 5) is 10.5. The smallest absolute Gasteiger partial charge is 0.305 e. The van der Waals surface area contributed by atoms with Gasteiger partial charge in [0.25, 0.3) is 0 Å². The van der Waals surface area contributed by atoms with Crippen molar-refractivity contribution in [3.63, 3.8) is 0 Å². The van der Waals surface area contributed by atoms with Crippen LogP contribution in [0.25, 0.3) is 11.3 Å². The lowest BCUT2D eigenvalue weighted by Gasteiger charge is -2.04. The van der Waals surface area contributed by atoms with Gasteiger partial charge in [-0.3, -0.25) is 4.79 Å². The molecule has 0 unspecified atom stereocenters. The molecule has 1 heterocycles. The van der Waals surface area contributed by atoms with E-state index >= 15 is 0 Å². The lowest BCUT2D eigenvalue weighted by Crippen LogP contribution is -2.07. The third-order valence-electron chi connectivity index (χ3n) is 2.28. The number of aryl methyl sites for hydroxylation is 1. The Bertz CT molecular complexity index is 539. The van der Waals surface area contributed by atoms with Crippen molar-refractivity contribution in [2.24, 2.45) is 0 Å². The van der Waals surface area contributed by atoms with Crippen molar-refractivity contribution >= 4 is 21.9 Å². The Kier molecular flexibility index (Phi) is 3.53. The highest BCUT2D eigenvalue weighted by atomic mass is 79.9. The number of carbonyl (C=O) groups is 1. The summed E-state index contributed by atoms with van der Waals surface area (Å²) in [5.41, 5.74) is 1.77. The van der Waals surface area contributed by atoms with Gasteiger partial charge in [-0.2, -0.15) is 0 Å². The van der Waals surface area contributed by atoms with Gasteiger partial charge in [0.05, 0.1) is 24.9 Å². The maximum Gasteiger partial charge on any atom is 0.305 e. The first-order chi connectivity index (χ1) is 8.16. The number of aliphatic carboxylic acids is 1. The van der Waals surface area contributed by atoms with Gasteiger partial charge in [-0.1, -0.05) is 33.3 Å². The predicted octanol–water partition coefficient (Wildman–Crippen LogP) is 2.18. The third kappa shape index (κ3) is 2.91. The quantitative estimate of drug-likeness (QED) is 0.939. The summed E-state index contributed by atoms with van der Waals surface area (Å²) in [6, 6.07) is 7.71. The average Bonchev–Trinajstić information content (AvgIpc) is 2.74. The zero-order valence-electron chi connectivity index (χ0n) is 8.88. The molecule has 0 amide bonds. The van der Waals surface area contributed by atoms with E-state index < -0.39 is 5.97 Å². The highest BCUT2D eigenvalue weighted by Crippen LogP contribution is 2.22. The van der Waals surface area contributed by atoms with Crippen molar-refractivity contribution in [3.05, 3.63) is 34.9 Å². The van der Waals surface area contributed by atoms with E-state index in [2.05, 4.69) is 26.2 Å². The second kappa shape index (κ2) is 5.09. The first-order valence-corrected chi connectivity index (χ1v) is 5.82. The fourth-order valence-corrected chi connectivity index (χ4v) is 1.89. The Labute approximate surface area is 106 Å². The molecule has 17 heavy (non-hydrogen) atoms. The molecule has 0 spiro atoms. The van der Waals surface area contributed by atoms with Crippen LogP contribution in [0.15, 0.2) is 34.9 Å². The highest BCUT2D eigenvalue weighted by molar-refractivity contribution is 9.10. The molecule has 5 nitrogen and oxygen atoms in total. The number of rotatable bonds is 4. The number of nitrogens with zero attached hydrogens (tertiary/aromatic N) is 3. The van der Waals surface area contributed by atoms with Crippen LogP contribution < -0.4 is 0 Å². The normalized spacial score (nSPS) is 10.4. The Morgan fingerprint density at radius 1 is 1.47 bits per heavy atom. The fraction of sp³-hybridized carbons (Fsp3) is 0.182.